The number of anilines is 1. The lowest BCUT2D eigenvalue weighted by Crippen LogP contribution is -2.25. The molecule has 2 rings (SSSR count). The third-order valence-electron chi connectivity index (χ3n) is 2.80. The summed E-state index contributed by atoms with van der Waals surface area (Å²) in [7, 11) is 0. The number of thiol groups is 1. The number of aromatic nitrogens is 2. The molecule has 5 heteroatoms. The van der Waals surface area contributed by atoms with Crippen molar-refractivity contribution < 1.29 is 4.79 Å². The predicted octanol–water partition coefficient (Wildman–Crippen LogP) is 2.38. The first kappa shape index (κ1) is 13.7. The molecule has 0 aliphatic carbocycles. The monoisotopic (exact) mass is 275 g/mol. The lowest BCUT2D eigenvalue weighted by atomic mass is 10.1. The number of benzene rings is 1. The van der Waals surface area contributed by atoms with Gasteiger partial charge in [0.05, 0.1) is 17.1 Å². The number of amides is 1. The summed E-state index contributed by atoms with van der Waals surface area (Å²) in [6.45, 7) is 2.78. The number of nitrogens with one attached hydrogen (secondary N) is 1. The number of nitrogens with zero attached hydrogens (tertiary/aromatic N) is 2. The van der Waals surface area contributed by atoms with Crippen LogP contribution in [-0.2, 0) is 17.8 Å². The van der Waals surface area contributed by atoms with Gasteiger partial charge >= 0.3 is 0 Å². The fourth-order valence-electron chi connectivity index (χ4n) is 1.76. The molecule has 1 unspecified atom stereocenters. The molecule has 2 aromatic rings. The van der Waals surface area contributed by atoms with E-state index in [9.17, 15) is 4.79 Å². The zero-order valence-electron chi connectivity index (χ0n) is 10.8. The maximum Gasteiger partial charge on any atom is 0.237 e. The summed E-state index contributed by atoms with van der Waals surface area (Å²) in [5.41, 5.74) is 1.81. The molecule has 0 aliphatic rings. The number of hydrogen-bond acceptors (Lipinski definition) is 3. The third-order valence-corrected chi connectivity index (χ3v) is 3.22. The minimum atomic E-state index is -0.368. The predicted molar refractivity (Wildman–Crippen MR) is 79.5 cm³/mol. The normalized spacial score (nSPS) is 12.1. The Kier molecular flexibility index (Phi) is 4.63. The van der Waals surface area contributed by atoms with Crippen LogP contribution in [0.3, 0.4) is 0 Å². The van der Waals surface area contributed by atoms with Crippen molar-refractivity contribution in [3.8, 4) is 0 Å². The lowest BCUT2D eigenvalue weighted by molar-refractivity contribution is -0.115. The molecule has 0 fully saturated rings. The quantitative estimate of drug-likeness (QED) is 0.823. The Hall–Kier alpha value is -1.75. The van der Waals surface area contributed by atoms with E-state index in [1.807, 2.05) is 37.3 Å². The third kappa shape index (κ3) is 3.86. The highest BCUT2D eigenvalue weighted by Crippen LogP contribution is 2.11. The van der Waals surface area contributed by atoms with E-state index in [1.54, 1.807) is 17.1 Å². The zero-order valence-corrected chi connectivity index (χ0v) is 11.7. The molecule has 0 aliphatic heterocycles. The summed E-state index contributed by atoms with van der Waals surface area (Å²) in [5, 5.41) is 6.56. The van der Waals surface area contributed by atoms with E-state index in [2.05, 4.69) is 23.0 Å². The standard InChI is InChI=1S/C14H17N3OS/c1-2-17-10-12(9-15-17)16-14(18)13(19)8-11-6-4-3-5-7-11/h3-7,9-10,13,19H,2,8H2,1H3,(H,16,18). The van der Waals surface area contributed by atoms with Crippen LogP contribution in [0.5, 0.6) is 0 Å². The molecular formula is C14H17N3OS. The van der Waals surface area contributed by atoms with Crippen LogP contribution in [0.1, 0.15) is 12.5 Å². The second-order valence-corrected chi connectivity index (χ2v) is 4.90. The molecule has 0 spiro atoms. The number of rotatable bonds is 5. The molecule has 1 N–H and O–H groups in total. The molecular weight excluding hydrogens is 258 g/mol. The smallest absolute Gasteiger partial charge is 0.237 e. The van der Waals surface area contributed by atoms with Gasteiger partial charge in [-0.3, -0.25) is 9.48 Å². The maximum atomic E-state index is 12.0. The number of carbonyl (C=O) groups is 1. The van der Waals surface area contributed by atoms with Gasteiger partial charge in [0.2, 0.25) is 5.91 Å². The van der Waals surface area contributed by atoms with Crippen LogP contribution in [0.2, 0.25) is 0 Å². The highest BCUT2D eigenvalue weighted by atomic mass is 32.1. The molecule has 0 saturated carbocycles. The van der Waals surface area contributed by atoms with Gasteiger partial charge in [-0.15, -0.1) is 0 Å². The van der Waals surface area contributed by atoms with E-state index in [0.717, 1.165) is 12.1 Å². The van der Waals surface area contributed by atoms with Crippen LogP contribution in [0.25, 0.3) is 0 Å². The summed E-state index contributed by atoms with van der Waals surface area (Å²) in [5.74, 6) is -0.108. The van der Waals surface area contributed by atoms with E-state index in [-0.39, 0.29) is 11.2 Å². The minimum Gasteiger partial charge on any atom is -0.322 e. The second-order valence-electron chi connectivity index (χ2n) is 4.28. The first-order valence-electron chi connectivity index (χ1n) is 6.24. The van der Waals surface area contributed by atoms with E-state index in [4.69, 9.17) is 0 Å². The fourth-order valence-corrected chi connectivity index (χ4v) is 2.03. The summed E-state index contributed by atoms with van der Waals surface area (Å²) >= 11 is 4.36. The molecule has 4 nitrogen and oxygen atoms in total. The van der Waals surface area contributed by atoms with Crippen molar-refractivity contribution in [3.63, 3.8) is 0 Å². The summed E-state index contributed by atoms with van der Waals surface area (Å²) in [6.07, 6.45) is 4.06. The molecule has 19 heavy (non-hydrogen) atoms. The first-order valence-corrected chi connectivity index (χ1v) is 6.76. The number of hydrogen-bond donors (Lipinski definition) is 2. The Labute approximate surface area is 118 Å². The van der Waals surface area contributed by atoms with E-state index in [1.165, 1.54) is 0 Å². The van der Waals surface area contributed by atoms with Crippen LogP contribution >= 0.6 is 12.6 Å². The van der Waals surface area contributed by atoms with Gasteiger partial charge < -0.3 is 5.32 Å². The van der Waals surface area contributed by atoms with Crippen LogP contribution in [0, 0.1) is 0 Å². The number of carbonyl (C=O) groups excluding carboxylic acids is 1. The van der Waals surface area contributed by atoms with Crippen LogP contribution in [0.15, 0.2) is 42.7 Å². The zero-order chi connectivity index (χ0) is 13.7. The van der Waals surface area contributed by atoms with E-state index in [0.29, 0.717) is 12.1 Å². The summed E-state index contributed by atoms with van der Waals surface area (Å²) in [6, 6.07) is 9.85. The van der Waals surface area contributed by atoms with Crippen molar-refractivity contribution in [1.82, 2.24) is 9.78 Å². The van der Waals surface area contributed by atoms with E-state index < -0.39 is 0 Å². The Morgan fingerprint density at radius 2 is 2.16 bits per heavy atom. The van der Waals surface area contributed by atoms with Gasteiger partial charge in [0.1, 0.15) is 0 Å². The molecule has 1 aromatic heterocycles. The Bertz CT molecular complexity index is 539. The molecule has 100 valence electrons. The van der Waals surface area contributed by atoms with Gasteiger partial charge in [-0.25, -0.2) is 0 Å². The van der Waals surface area contributed by atoms with Gasteiger partial charge in [0.25, 0.3) is 0 Å². The summed E-state index contributed by atoms with van der Waals surface area (Å²) < 4.78 is 1.76. The lowest BCUT2D eigenvalue weighted by Gasteiger charge is -2.10. The topological polar surface area (TPSA) is 46.9 Å². The van der Waals surface area contributed by atoms with Crippen molar-refractivity contribution in [2.45, 2.75) is 25.1 Å². The van der Waals surface area contributed by atoms with Gasteiger partial charge in [0, 0.05) is 12.7 Å². The van der Waals surface area contributed by atoms with Crippen molar-refractivity contribution in [3.05, 3.63) is 48.3 Å². The van der Waals surface area contributed by atoms with Gasteiger partial charge in [-0.2, -0.15) is 17.7 Å². The van der Waals surface area contributed by atoms with Crippen LogP contribution in [0.4, 0.5) is 5.69 Å². The Morgan fingerprint density at radius 3 is 2.79 bits per heavy atom. The van der Waals surface area contributed by atoms with Crippen molar-refractivity contribution in [1.29, 1.82) is 0 Å². The molecule has 1 aromatic carbocycles. The average Bonchev–Trinajstić information content (AvgIpc) is 2.87. The molecule has 0 radical (unpaired) electrons. The largest absolute Gasteiger partial charge is 0.322 e. The molecule has 0 bridgehead atoms. The minimum absolute atomic E-state index is 0.108. The van der Waals surface area contributed by atoms with Crippen molar-refractivity contribution >= 4 is 24.2 Å². The summed E-state index contributed by atoms with van der Waals surface area (Å²) in [4.78, 5) is 12.0. The molecule has 1 atom stereocenters. The molecule has 1 amide bonds. The molecule has 1 heterocycles. The highest BCUT2D eigenvalue weighted by molar-refractivity contribution is 7.81. The van der Waals surface area contributed by atoms with E-state index >= 15 is 0 Å². The van der Waals surface area contributed by atoms with Crippen LogP contribution < -0.4 is 5.32 Å². The molecule has 0 saturated heterocycles. The van der Waals surface area contributed by atoms with Crippen molar-refractivity contribution in [2.24, 2.45) is 0 Å². The van der Waals surface area contributed by atoms with Gasteiger partial charge in [-0.1, -0.05) is 30.3 Å². The second kappa shape index (κ2) is 6.43. The number of aryl methyl sites for hydroxylation is 1. The Morgan fingerprint density at radius 1 is 1.42 bits per heavy atom. The highest BCUT2D eigenvalue weighted by Gasteiger charge is 2.15. The fraction of sp³-hybridized carbons (Fsp3) is 0.286. The van der Waals surface area contributed by atoms with Gasteiger partial charge in [-0.05, 0) is 18.9 Å². The SMILES string of the molecule is CCn1cc(NC(=O)C(S)Cc2ccccc2)cn1. The van der Waals surface area contributed by atoms with Crippen LogP contribution in [-0.4, -0.2) is 20.9 Å². The van der Waals surface area contributed by atoms with Crippen molar-refractivity contribution in [2.75, 3.05) is 5.32 Å². The Balaban J connectivity index is 1.92. The first-order chi connectivity index (χ1) is 9.19. The van der Waals surface area contributed by atoms with Gasteiger partial charge in [0.15, 0.2) is 0 Å². The average molecular weight is 275 g/mol. The maximum absolute atomic E-state index is 12.0.